The molecule has 0 radical (unpaired) electrons. The van der Waals surface area contributed by atoms with Gasteiger partial charge in [0, 0.05) is 5.41 Å². The van der Waals surface area contributed by atoms with Gasteiger partial charge in [-0.25, -0.2) is 0 Å². The van der Waals surface area contributed by atoms with Crippen molar-refractivity contribution in [1.29, 1.82) is 0 Å². The van der Waals surface area contributed by atoms with Gasteiger partial charge in [0.2, 0.25) is 0 Å². The minimum Gasteiger partial charge on any atom is -0.485 e. The smallest absolute Gasteiger partial charge is 0.145 e. The van der Waals surface area contributed by atoms with Crippen LogP contribution in [0, 0.1) is 19.3 Å². The van der Waals surface area contributed by atoms with Crippen LogP contribution < -0.4 is 10.1 Å². The predicted octanol–water partition coefficient (Wildman–Crippen LogP) is 3.66. The average Bonchev–Trinajstić information content (AvgIpc) is 2.52. The number of benzene rings is 1. The van der Waals surface area contributed by atoms with Crippen LogP contribution in [-0.2, 0) is 0 Å². The van der Waals surface area contributed by atoms with Crippen molar-refractivity contribution in [3.63, 3.8) is 0 Å². The van der Waals surface area contributed by atoms with E-state index in [0.717, 1.165) is 5.75 Å². The van der Waals surface area contributed by atoms with E-state index >= 15 is 0 Å². The van der Waals surface area contributed by atoms with Gasteiger partial charge in [-0.1, -0.05) is 19.9 Å². The summed E-state index contributed by atoms with van der Waals surface area (Å²) in [6.07, 6.45) is 2.77. The minimum atomic E-state index is 0.284. The molecule has 2 nitrogen and oxygen atoms in total. The molecule has 1 aliphatic carbocycles. The highest BCUT2D eigenvalue weighted by atomic mass is 16.5. The second-order valence-corrected chi connectivity index (χ2v) is 6.28. The molecule has 3 rings (SSSR count). The van der Waals surface area contributed by atoms with Crippen molar-refractivity contribution in [2.45, 2.75) is 52.7 Å². The van der Waals surface area contributed by atoms with Crippen molar-refractivity contribution >= 4 is 5.69 Å². The van der Waals surface area contributed by atoms with E-state index in [2.05, 4.69) is 45.1 Å². The minimum absolute atomic E-state index is 0.284. The standard InChI is InChI=1S/C15H21NO/c1-9-7-10(2)13-12(8-9)16-11-5-6-15(3,4)14(11)17-13/h7-8,11,14,16H,5-6H2,1-4H3. The molecular weight excluding hydrogens is 210 g/mol. The van der Waals surface area contributed by atoms with Crippen molar-refractivity contribution in [3.05, 3.63) is 23.3 Å². The van der Waals surface area contributed by atoms with Gasteiger partial charge in [-0.15, -0.1) is 0 Å². The molecule has 2 unspecified atom stereocenters. The lowest BCUT2D eigenvalue weighted by Gasteiger charge is -2.37. The average molecular weight is 231 g/mol. The van der Waals surface area contributed by atoms with Gasteiger partial charge in [0.05, 0.1) is 11.7 Å². The zero-order valence-corrected chi connectivity index (χ0v) is 11.1. The van der Waals surface area contributed by atoms with Gasteiger partial charge >= 0.3 is 0 Å². The summed E-state index contributed by atoms with van der Waals surface area (Å²) in [7, 11) is 0. The van der Waals surface area contributed by atoms with Gasteiger partial charge in [0.25, 0.3) is 0 Å². The highest BCUT2D eigenvalue weighted by Crippen LogP contribution is 2.47. The Kier molecular flexibility index (Phi) is 2.19. The lowest BCUT2D eigenvalue weighted by atomic mass is 9.88. The first kappa shape index (κ1) is 10.9. The third-order valence-electron chi connectivity index (χ3n) is 4.24. The van der Waals surface area contributed by atoms with Crippen LogP contribution in [0.3, 0.4) is 0 Å². The van der Waals surface area contributed by atoms with E-state index in [4.69, 9.17) is 4.74 Å². The van der Waals surface area contributed by atoms with Crippen LogP contribution in [0.1, 0.15) is 37.8 Å². The van der Waals surface area contributed by atoms with E-state index in [-0.39, 0.29) is 5.41 Å². The number of rotatable bonds is 0. The number of nitrogens with one attached hydrogen (secondary N) is 1. The van der Waals surface area contributed by atoms with Crippen LogP contribution >= 0.6 is 0 Å². The van der Waals surface area contributed by atoms with Crippen LogP contribution in [0.4, 0.5) is 5.69 Å². The van der Waals surface area contributed by atoms with Crippen LogP contribution in [0.5, 0.6) is 5.75 Å². The predicted molar refractivity (Wildman–Crippen MR) is 70.8 cm³/mol. The maximum absolute atomic E-state index is 6.29. The molecule has 1 aromatic rings. The van der Waals surface area contributed by atoms with Crippen molar-refractivity contribution < 1.29 is 4.74 Å². The third-order valence-corrected chi connectivity index (χ3v) is 4.24. The molecule has 0 saturated heterocycles. The van der Waals surface area contributed by atoms with E-state index in [0.29, 0.717) is 12.1 Å². The molecule has 92 valence electrons. The summed E-state index contributed by atoms with van der Waals surface area (Å²) in [6, 6.07) is 4.88. The third kappa shape index (κ3) is 1.62. The Labute approximate surface area is 103 Å². The van der Waals surface area contributed by atoms with Crippen LogP contribution in [0.2, 0.25) is 0 Å². The first-order chi connectivity index (χ1) is 7.97. The van der Waals surface area contributed by atoms with Crippen LogP contribution in [0.15, 0.2) is 12.1 Å². The van der Waals surface area contributed by atoms with Crippen LogP contribution in [-0.4, -0.2) is 12.1 Å². The van der Waals surface area contributed by atoms with Crippen LogP contribution in [0.25, 0.3) is 0 Å². The maximum Gasteiger partial charge on any atom is 0.145 e. The lowest BCUT2D eigenvalue weighted by Crippen LogP contribution is -2.44. The van der Waals surface area contributed by atoms with E-state index in [1.54, 1.807) is 0 Å². The highest BCUT2D eigenvalue weighted by Gasteiger charge is 2.46. The summed E-state index contributed by atoms with van der Waals surface area (Å²) in [4.78, 5) is 0. The molecule has 1 N–H and O–H groups in total. The summed E-state index contributed by atoms with van der Waals surface area (Å²) in [5, 5.41) is 3.67. The molecule has 2 atom stereocenters. The van der Waals surface area contributed by atoms with Gasteiger partial charge in [-0.2, -0.15) is 0 Å². The molecule has 1 fully saturated rings. The van der Waals surface area contributed by atoms with E-state index < -0.39 is 0 Å². The second-order valence-electron chi connectivity index (χ2n) is 6.28. The Hall–Kier alpha value is -1.18. The summed E-state index contributed by atoms with van der Waals surface area (Å²) in [6.45, 7) is 8.90. The van der Waals surface area contributed by atoms with Crippen molar-refractivity contribution in [1.82, 2.24) is 0 Å². The lowest BCUT2D eigenvalue weighted by molar-refractivity contribution is 0.0893. The maximum atomic E-state index is 6.29. The Balaban J connectivity index is 2.03. The van der Waals surface area contributed by atoms with E-state index in [9.17, 15) is 0 Å². The fraction of sp³-hybridized carbons (Fsp3) is 0.600. The summed E-state index contributed by atoms with van der Waals surface area (Å²) >= 11 is 0. The molecule has 0 aromatic heterocycles. The number of hydrogen-bond donors (Lipinski definition) is 1. The van der Waals surface area contributed by atoms with Crippen molar-refractivity contribution in [2.24, 2.45) is 5.41 Å². The monoisotopic (exact) mass is 231 g/mol. The molecule has 2 heteroatoms. The molecular formula is C15H21NO. The summed E-state index contributed by atoms with van der Waals surface area (Å²) in [5.74, 6) is 1.06. The van der Waals surface area contributed by atoms with Gasteiger partial charge in [0.1, 0.15) is 11.9 Å². The molecule has 0 amide bonds. The molecule has 1 aliphatic heterocycles. The zero-order chi connectivity index (χ0) is 12.2. The molecule has 0 spiro atoms. The molecule has 1 heterocycles. The molecule has 1 saturated carbocycles. The van der Waals surface area contributed by atoms with E-state index in [1.807, 2.05) is 0 Å². The van der Waals surface area contributed by atoms with E-state index in [1.165, 1.54) is 29.7 Å². The Morgan fingerprint density at radius 3 is 2.82 bits per heavy atom. The zero-order valence-electron chi connectivity index (χ0n) is 11.1. The second kappa shape index (κ2) is 3.41. The first-order valence-electron chi connectivity index (χ1n) is 6.52. The largest absolute Gasteiger partial charge is 0.485 e. The number of ether oxygens (including phenoxy) is 1. The van der Waals surface area contributed by atoms with Gasteiger partial charge in [-0.05, 0) is 43.9 Å². The van der Waals surface area contributed by atoms with Crippen molar-refractivity contribution in [3.8, 4) is 5.75 Å². The molecule has 17 heavy (non-hydrogen) atoms. The fourth-order valence-corrected chi connectivity index (χ4v) is 3.30. The number of aryl methyl sites for hydroxylation is 2. The summed E-state index contributed by atoms with van der Waals surface area (Å²) in [5.41, 5.74) is 4.01. The van der Waals surface area contributed by atoms with Gasteiger partial charge < -0.3 is 10.1 Å². The van der Waals surface area contributed by atoms with Crippen molar-refractivity contribution in [2.75, 3.05) is 5.32 Å². The molecule has 1 aromatic carbocycles. The summed E-state index contributed by atoms with van der Waals surface area (Å²) < 4.78 is 6.29. The highest BCUT2D eigenvalue weighted by molar-refractivity contribution is 5.64. The Morgan fingerprint density at radius 1 is 1.29 bits per heavy atom. The topological polar surface area (TPSA) is 21.3 Å². The number of hydrogen-bond acceptors (Lipinski definition) is 2. The first-order valence-corrected chi connectivity index (χ1v) is 6.52. The quantitative estimate of drug-likeness (QED) is 0.735. The molecule has 2 aliphatic rings. The Morgan fingerprint density at radius 2 is 2.06 bits per heavy atom. The normalized spacial score (nSPS) is 28.9. The van der Waals surface area contributed by atoms with Gasteiger partial charge in [0.15, 0.2) is 0 Å². The number of fused-ring (bicyclic) bond motifs is 2. The molecule has 0 bridgehead atoms. The number of anilines is 1. The fourth-order valence-electron chi connectivity index (χ4n) is 3.30. The Bertz CT molecular complexity index is 464. The SMILES string of the molecule is Cc1cc(C)c2c(c1)NC1CCC(C)(C)C1O2. The van der Waals surface area contributed by atoms with Gasteiger partial charge in [-0.3, -0.25) is 0 Å².